The summed E-state index contributed by atoms with van der Waals surface area (Å²) in [7, 11) is 0. The monoisotopic (exact) mass is 452 g/mol. The Kier molecular flexibility index (Phi) is 11.3. The SMILES string of the molecule is CCNC(=NCCOCC(C)C)NC1CCN(C2CCCC2)C1.I. The Labute approximate surface area is 165 Å². The lowest BCUT2D eigenvalue weighted by Gasteiger charge is -2.24. The summed E-state index contributed by atoms with van der Waals surface area (Å²) in [4.78, 5) is 7.33. The molecule has 6 heteroatoms. The molecule has 1 aliphatic heterocycles. The van der Waals surface area contributed by atoms with Crippen molar-refractivity contribution in [2.24, 2.45) is 10.9 Å². The number of likely N-dealkylation sites (tertiary alicyclic amines) is 1. The predicted octanol–water partition coefficient (Wildman–Crippen LogP) is 2.85. The van der Waals surface area contributed by atoms with E-state index < -0.39 is 0 Å². The Morgan fingerprint density at radius 2 is 2.00 bits per heavy atom. The predicted molar refractivity (Wildman–Crippen MR) is 112 cm³/mol. The summed E-state index contributed by atoms with van der Waals surface area (Å²) in [6.45, 7) is 12.0. The molecule has 142 valence electrons. The van der Waals surface area contributed by atoms with Crippen LogP contribution in [0, 0.1) is 5.92 Å². The van der Waals surface area contributed by atoms with Crippen molar-refractivity contribution < 1.29 is 4.74 Å². The third-order valence-corrected chi connectivity index (χ3v) is 4.70. The minimum absolute atomic E-state index is 0. The van der Waals surface area contributed by atoms with Crippen LogP contribution in [0.1, 0.15) is 52.9 Å². The molecule has 1 saturated carbocycles. The van der Waals surface area contributed by atoms with E-state index in [0.29, 0.717) is 18.6 Å². The van der Waals surface area contributed by atoms with Gasteiger partial charge in [-0.25, -0.2) is 0 Å². The molecule has 2 fully saturated rings. The van der Waals surface area contributed by atoms with Crippen LogP contribution in [0.25, 0.3) is 0 Å². The topological polar surface area (TPSA) is 48.9 Å². The van der Waals surface area contributed by atoms with Crippen molar-refractivity contribution in [3.05, 3.63) is 0 Å². The molecular weight excluding hydrogens is 415 g/mol. The molecule has 1 aliphatic carbocycles. The van der Waals surface area contributed by atoms with Crippen molar-refractivity contribution in [1.82, 2.24) is 15.5 Å². The molecule has 1 unspecified atom stereocenters. The first kappa shape index (κ1) is 22.0. The van der Waals surface area contributed by atoms with Gasteiger partial charge in [-0.3, -0.25) is 9.89 Å². The minimum Gasteiger partial charge on any atom is -0.379 e. The standard InChI is InChI=1S/C18H36N4O.HI/c1-4-19-18(20-10-12-23-14-15(2)3)21-16-9-11-22(13-16)17-7-5-6-8-17;/h15-17H,4-14H2,1-3H3,(H2,19,20,21);1H. The van der Waals surface area contributed by atoms with Crippen LogP contribution in [0.15, 0.2) is 4.99 Å². The van der Waals surface area contributed by atoms with Gasteiger partial charge in [0.05, 0.1) is 13.2 Å². The second-order valence-corrected chi connectivity index (χ2v) is 7.29. The number of rotatable bonds is 8. The van der Waals surface area contributed by atoms with E-state index in [1.165, 1.54) is 45.2 Å². The van der Waals surface area contributed by atoms with Gasteiger partial charge in [0.1, 0.15) is 0 Å². The number of guanidine groups is 1. The van der Waals surface area contributed by atoms with Gasteiger partial charge in [-0.05, 0) is 32.1 Å². The average Bonchev–Trinajstić information content (AvgIpc) is 3.17. The lowest BCUT2D eigenvalue weighted by molar-refractivity contribution is 0.117. The molecule has 2 aliphatic rings. The molecule has 0 spiro atoms. The molecule has 1 saturated heterocycles. The summed E-state index contributed by atoms with van der Waals surface area (Å²) in [5.74, 6) is 1.53. The van der Waals surface area contributed by atoms with Gasteiger partial charge in [-0.2, -0.15) is 0 Å². The summed E-state index contributed by atoms with van der Waals surface area (Å²) in [5, 5.41) is 6.97. The number of halogens is 1. The summed E-state index contributed by atoms with van der Waals surface area (Å²) in [6.07, 6.45) is 6.85. The Bertz CT molecular complexity index is 359. The van der Waals surface area contributed by atoms with Crippen molar-refractivity contribution in [3.63, 3.8) is 0 Å². The number of ether oxygens (including phenoxy) is 1. The summed E-state index contributed by atoms with van der Waals surface area (Å²) < 4.78 is 5.61. The molecule has 0 bridgehead atoms. The molecule has 0 amide bonds. The van der Waals surface area contributed by atoms with Crippen LogP contribution in [0.5, 0.6) is 0 Å². The van der Waals surface area contributed by atoms with Gasteiger partial charge in [0, 0.05) is 38.3 Å². The number of nitrogens with zero attached hydrogens (tertiary/aromatic N) is 2. The molecule has 0 radical (unpaired) electrons. The van der Waals surface area contributed by atoms with E-state index in [-0.39, 0.29) is 24.0 Å². The fourth-order valence-corrected chi connectivity index (χ4v) is 3.56. The number of hydrogen-bond acceptors (Lipinski definition) is 3. The summed E-state index contributed by atoms with van der Waals surface area (Å²) in [5.41, 5.74) is 0. The van der Waals surface area contributed by atoms with Gasteiger partial charge in [0.25, 0.3) is 0 Å². The van der Waals surface area contributed by atoms with E-state index in [9.17, 15) is 0 Å². The summed E-state index contributed by atoms with van der Waals surface area (Å²) >= 11 is 0. The first-order valence-corrected chi connectivity index (χ1v) is 9.55. The Morgan fingerprint density at radius 1 is 1.25 bits per heavy atom. The maximum Gasteiger partial charge on any atom is 0.191 e. The molecule has 0 aromatic rings. The van der Waals surface area contributed by atoms with Gasteiger partial charge < -0.3 is 15.4 Å². The van der Waals surface area contributed by atoms with E-state index in [4.69, 9.17) is 4.74 Å². The highest BCUT2D eigenvalue weighted by molar-refractivity contribution is 14.0. The molecular formula is C18H37IN4O. The molecule has 1 heterocycles. The maximum atomic E-state index is 5.61. The maximum absolute atomic E-state index is 5.61. The molecule has 5 nitrogen and oxygen atoms in total. The zero-order chi connectivity index (χ0) is 16.5. The quantitative estimate of drug-likeness (QED) is 0.258. The normalized spacial score (nSPS) is 22.8. The van der Waals surface area contributed by atoms with Gasteiger partial charge in [-0.1, -0.05) is 26.7 Å². The Hall–Kier alpha value is -0.0800. The molecule has 2 N–H and O–H groups in total. The molecule has 2 rings (SSSR count). The third kappa shape index (κ3) is 7.87. The van der Waals surface area contributed by atoms with E-state index in [1.54, 1.807) is 0 Å². The van der Waals surface area contributed by atoms with Gasteiger partial charge in [0.15, 0.2) is 5.96 Å². The lowest BCUT2D eigenvalue weighted by atomic mass is 10.2. The van der Waals surface area contributed by atoms with Gasteiger partial charge in [0.2, 0.25) is 0 Å². The van der Waals surface area contributed by atoms with Crippen LogP contribution < -0.4 is 10.6 Å². The van der Waals surface area contributed by atoms with E-state index in [0.717, 1.165) is 31.7 Å². The zero-order valence-corrected chi connectivity index (χ0v) is 18.1. The Morgan fingerprint density at radius 3 is 2.67 bits per heavy atom. The van der Waals surface area contributed by atoms with Crippen LogP contribution in [0.2, 0.25) is 0 Å². The first-order valence-electron chi connectivity index (χ1n) is 9.55. The largest absolute Gasteiger partial charge is 0.379 e. The number of nitrogens with one attached hydrogen (secondary N) is 2. The molecule has 24 heavy (non-hydrogen) atoms. The van der Waals surface area contributed by atoms with Crippen LogP contribution in [-0.2, 0) is 4.74 Å². The lowest BCUT2D eigenvalue weighted by Crippen LogP contribution is -2.45. The van der Waals surface area contributed by atoms with Crippen molar-refractivity contribution in [1.29, 1.82) is 0 Å². The van der Waals surface area contributed by atoms with Crippen molar-refractivity contribution in [3.8, 4) is 0 Å². The minimum atomic E-state index is 0. The van der Waals surface area contributed by atoms with Crippen molar-refractivity contribution in [2.45, 2.75) is 65.0 Å². The smallest absolute Gasteiger partial charge is 0.191 e. The average molecular weight is 452 g/mol. The highest BCUT2D eigenvalue weighted by Gasteiger charge is 2.30. The number of hydrogen-bond donors (Lipinski definition) is 2. The van der Waals surface area contributed by atoms with Crippen LogP contribution >= 0.6 is 24.0 Å². The molecule has 0 aromatic heterocycles. The van der Waals surface area contributed by atoms with Crippen LogP contribution in [-0.4, -0.2) is 62.3 Å². The Balaban J connectivity index is 0.00000288. The van der Waals surface area contributed by atoms with Gasteiger partial charge in [-0.15, -0.1) is 24.0 Å². The fourth-order valence-electron chi connectivity index (χ4n) is 3.56. The van der Waals surface area contributed by atoms with Gasteiger partial charge >= 0.3 is 0 Å². The van der Waals surface area contributed by atoms with E-state index in [2.05, 4.69) is 41.3 Å². The first-order chi connectivity index (χ1) is 11.2. The number of aliphatic imine (C=N–C) groups is 1. The summed E-state index contributed by atoms with van der Waals surface area (Å²) in [6, 6.07) is 1.37. The molecule has 0 aromatic carbocycles. The second kappa shape index (κ2) is 12.3. The third-order valence-electron chi connectivity index (χ3n) is 4.70. The second-order valence-electron chi connectivity index (χ2n) is 7.29. The molecule has 1 atom stereocenters. The van der Waals surface area contributed by atoms with Crippen LogP contribution in [0.4, 0.5) is 0 Å². The van der Waals surface area contributed by atoms with E-state index in [1.807, 2.05) is 0 Å². The zero-order valence-electron chi connectivity index (χ0n) is 15.7. The van der Waals surface area contributed by atoms with Crippen LogP contribution in [0.3, 0.4) is 0 Å². The van der Waals surface area contributed by atoms with E-state index >= 15 is 0 Å². The highest BCUT2D eigenvalue weighted by Crippen LogP contribution is 2.26. The van der Waals surface area contributed by atoms with Crippen molar-refractivity contribution in [2.75, 3.05) is 39.4 Å². The fraction of sp³-hybridized carbons (Fsp3) is 0.944. The highest BCUT2D eigenvalue weighted by atomic mass is 127. The van der Waals surface area contributed by atoms with Crippen molar-refractivity contribution >= 4 is 29.9 Å².